The second-order valence-electron chi connectivity index (χ2n) is 4.13. The summed E-state index contributed by atoms with van der Waals surface area (Å²) >= 11 is 0. The number of rotatable bonds is 4. The van der Waals surface area contributed by atoms with Gasteiger partial charge in [0, 0.05) is 0 Å². The molecule has 24 heavy (non-hydrogen) atoms. The highest BCUT2D eigenvalue weighted by Gasteiger charge is 2.68. The topological polar surface area (TPSA) is 80.3 Å². The Kier molecular flexibility index (Phi) is 4.97. The molecule has 0 heterocycles. The van der Waals surface area contributed by atoms with Crippen LogP contribution in [-0.4, -0.2) is 28.3 Å². The lowest BCUT2D eigenvalue weighted by Crippen LogP contribution is -2.51. The van der Waals surface area contributed by atoms with Crippen molar-refractivity contribution < 1.29 is 52.0 Å². The Morgan fingerprint density at radius 1 is 0.750 bits per heavy atom. The van der Waals surface area contributed by atoms with Crippen LogP contribution in [0.5, 0.6) is 0 Å². The van der Waals surface area contributed by atoms with E-state index >= 15 is 0 Å². The molecular weight excluding hydrogens is 402 g/mol. The fourth-order valence-corrected chi connectivity index (χ4v) is 3.98. The summed E-state index contributed by atoms with van der Waals surface area (Å²) in [6.45, 7) is 0. The molecule has 15 heteroatoms. The van der Waals surface area contributed by atoms with Gasteiger partial charge in [0.05, 0.1) is 10.5 Å². The Bertz CT molecular complexity index is 809. The number of benzene rings is 1. The van der Waals surface area contributed by atoms with Crippen molar-refractivity contribution >= 4 is 20.0 Å². The van der Waals surface area contributed by atoms with E-state index in [1.165, 1.54) is 0 Å². The molecule has 0 aliphatic heterocycles. The van der Waals surface area contributed by atoms with E-state index in [-0.39, 0.29) is 28.4 Å². The molecule has 0 saturated heterocycles. The first-order valence-corrected chi connectivity index (χ1v) is 8.28. The molecule has 0 aromatic heterocycles. The quantitative estimate of drug-likeness (QED) is 0.778. The van der Waals surface area contributed by atoms with Gasteiger partial charge in [-0.3, -0.25) is 0 Å². The third-order valence-electron chi connectivity index (χ3n) is 2.38. The maximum Gasteiger partial charge on any atom is 0.471 e. The summed E-state index contributed by atoms with van der Waals surface area (Å²) in [5.74, 6) is 0. The highest BCUT2D eigenvalue weighted by atomic mass is 32.3. The Labute approximate surface area is 129 Å². The zero-order valence-corrected chi connectivity index (χ0v) is 12.4. The standard InChI is InChI=1S/C9H5F8NO4S2/c10-7(11,12)5-1-3-6(4-2-5)23(19,20)18-24(21,22)9(16,17)8(13,14)15/h1-4,18H. The van der Waals surface area contributed by atoms with Crippen LogP contribution in [0.15, 0.2) is 29.2 Å². The van der Waals surface area contributed by atoms with Gasteiger partial charge in [-0.05, 0) is 24.3 Å². The van der Waals surface area contributed by atoms with E-state index in [1.54, 1.807) is 0 Å². The van der Waals surface area contributed by atoms with E-state index in [1.807, 2.05) is 0 Å². The fourth-order valence-electron chi connectivity index (χ4n) is 1.22. The molecule has 138 valence electrons. The van der Waals surface area contributed by atoms with Gasteiger partial charge in [-0.25, -0.2) is 16.8 Å². The predicted octanol–water partition coefficient (Wildman–Crippen LogP) is 2.47. The van der Waals surface area contributed by atoms with Crippen molar-refractivity contribution in [2.45, 2.75) is 22.5 Å². The average Bonchev–Trinajstić information content (AvgIpc) is 2.35. The molecular formula is C9H5F8NO4S2. The van der Waals surface area contributed by atoms with Crippen LogP contribution in [0.3, 0.4) is 0 Å². The molecule has 0 atom stereocenters. The predicted molar refractivity (Wildman–Crippen MR) is 61.7 cm³/mol. The van der Waals surface area contributed by atoms with Gasteiger partial charge in [-0.15, -0.1) is 0 Å². The van der Waals surface area contributed by atoms with E-state index in [0.717, 1.165) is 0 Å². The van der Waals surface area contributed by atoms with Crippen molar-refractivity contribution in [3.05, 3.63) is 29.8 Å². The SMILES string of the molecule is O=S(=O)(NS(=O)(=O)C(F)(F)C(F)(F)F)c1ccc(C(F)(F)F)cc1. The van der Waals surface area contributed by atoms with Crippen LogP contribution in [0, 0.1) is 0 Å². The maximum atomic E-state index is 12.8. The first kappa shape index (κ1) is 20.6. The highest BCUT2D eigenvalue weighted by molar-refractivity contribution is 8.05. The first-order valence-electron chi connectivity index (χ1n) is 5.32. The zero-order chi connectivity index (χ0) is 19.2. The fraction of sp³-hybridized carbons (Fsp3) is 0.333. The summed E-state index contributed by atoms with van der Waals surface area (Å²) in [5, 5.41) is -6.45. The number of hydrogen-bond donors (Lipinski definition) is 1. The highest BCUT2D eigenvalue weighted by Crippen LogP contribution is 2.39. The van der Waals surface area contributed by atoms with E-state index < -0.39 is 48.1 Å². The van der Waals surface area contributed by atoms with Gasteiger partial charge in [0.15, 0.2) is 0 Å². The van der Waals surface area contributed by atoms with Gasteiger partial charge in [-0.2, -0.15) is 35.1 Å². The van der Waals surface area contributed by atoms with E-state index in [0.29, 0.717) is 0 Å². The monoisotopic (exact) mass is 407 g/mol. The van der Waals surface area contributed by atoms with Crippen LogP contribution < -0.4 is 4.13 Å². The lowest BCUT2D eigenvalue weighted by atomic mass is 10.2. The summed E-state index contributed by atoms with van der Waals surface area (Å²) in [7, 11) is -12.3. The van der Waals surface area contributed by atoms with Gasteiger partial charge in [-0.1, -0.05) is 4.13 Å². The van der Waals surface area contributed by atoms with Gasteiger partial charge < -0.3 is 0 Å². The molecule has 0 bridgehead atoms. The number of nitrogens with one attached hydrogen (secondary N) is 1. The van der Waals surface area contributed by atoms with Crippen molar-refractivity contribution in [1.82, 2.24) is 4.13 Å². The van der Waals surface area contributed by atoms with Crippen LogP contribution in [-0.2, 0) is 26.2 Å². The Morgan fingerprint density at radius 2 is 1.17 bits per heavy atom. The van der Waals surface area contributed by atoms with Crippen LogP contribution in [0.2, 0.25) is 0 Å². The van der Waals surface area contributed by atoms with Crippen molar-refractivity contribution in [3.8, 4) is 0 Å². The summed E-state index contributed by atoms with van der Waals surface area (Å²) in [5.41, 5.74) is -1.36. The van der Waals surface area contributed by atoms with E-state index in [9.17, 15) is 52.0 Å². The lowest BCUT2D eigenvalue weighted by molar-refractivity contribution is -0.241. The smallest absolute Gasteiger partial charge is 0.206 e. The van der Waals surface area contributed by atoms with Gasteiger partial charge in [0.2, 0.25) is 0 Å². The van der Waals surface area contributed by atoms with Crippen LogP contribution in [0.25, 0.3) is 0 Å². The van der Waals surface area contributed by atoms with Crippen molar-refractivity contribution in [1.29, 1.82) is 0 Å². The van der Waals surface area contributed by atoms with Crippen LogP contribution >= 0.6 is 0 Å². The number of sulfonamides is 2. The molecule has 1 N–H and O–H groups in total. The molecule has 0 saturated carbocycles. The molecule has 0 aliphatic carbocycles. The van der Waals surface area contributed by atoms with Crippen molar-refractivity contribution in [2.24, 2.45) is 0 Å². The Morgan fingerprint density at radius 3 is 1.50 bits per heavy atom. The number of alkyl halides is 8. The molecule has 0 amide bonds. The molecule has 1 aromatic rings. The molecule has 0 radical (unpaired) electrons. The minimum Gasteiger partial charge on any atom is -0.206 e. The van der Waals surface area contributed by atoms with Crippen LogP contribution in [0.4, 0.5) is 35.1 Å². The van der Waals surface area contributed by atoms with Gasteiger partial charge in [0.1, 0.15) is 0 Å². The summed E-state index contributed by atoms with van der Waals surface area (Å²) in [4.78, 5) is -1.27. The molecule has 0 aliphatic rings. The maximum absolute atomic E-state index is 12.8. The largest absolute Gasteiger partial charge is 0.471 e. The third-order valence-corrected chi connectivity index (χ3v) is 5.93. The third kappa shape index (κ3) is 3.94. The molecule has 0 unspecified atom stereocenters. The first-order chi connectivity index (χ1) is 10.4. The second kappa shape index (κ2) is 5.80. The molecule has 1 rings (SSSR count). The van der Waals surface area contributed by atoms with Gasteiger partial charge in [0.25, 0.3) is 10.0 Å². The van der Waals surface area contributed by atoms with E-state index in [4.69, 9.17) is 0 Å². The van der Waals surface area contributed by atoms with Crippen molar-refractivity contribution in [2.75, 3.05) is 0 Å². The molecule has 0 spiro atoms. The number of halogens is 8. The van der Waals surface area contributed by atoms with Crippen molar-refractivity contribution in [3.63, 3.8) is 0 Å². The minimum atomic E-state index is -6.78. The molecule has 0 fully saturated rings. The summed E-state index contributed by atoms with van der Waals surface area (Å²) in [6, 6.07) is 0.713. The lowest BCUT2D eigenvalue weighted by Gasteiger charge is -2.19. The molecule has 5 nitrogen and oxygen atoms in total. The minimum absolute atomic E-state index is 0.147. The summed E-state index contributed by atoms with van der Waals surface area (Å²) in [6.07, 6.45) is -11.5. The Balaban J connectivity index is 3.24. The summed E-state index contributed by atoms with van der Waals surface area (Å²) < 4.78 is 144. The average molecular weight is 407 g/mol. The van der Waals surface area contributed by atoms with Crippen LogP contribution in [0.1, 0.15) is 5.56 Å². The molecule has 1 aromatic carbocycles. The second-order valence-corrected chi connectivity index (χ2v) is 7.79. The Hall–Kier alpha value is -1.48. The van der Waals surface area contributed by atoms with Gasteiger partial charge >= 0.3 is 27.6 Å². The zero-order valence-electron chi connectivity index (χ0n) is 10.8. The normalized spacial score (nSPS) is 14.7. The van der Waals surface area contributed by atoms with E-state index in [2.05, 4.69) is 0 Å². The number of hydrogen-bond acceptors (Lipinski definition) is 4.